The Morgan fingerprint density at radius 3 is 2.68 bits per heavy atom. The van der Waals surface area contributed by atoms with Crippen molar-refractivity contribution >= 4 is 10.0 Å². The number of sulfonamides is 1. The molecule has 0 saturated carbocycles. The van der Waals surface area contributed by atoms with Gasteiger partial charge in [-0.1, -0.05) is 24.3 Å². The fourth-order valence-electron chi connectivity index (χ4n) is 3.03. The van der Waals surface area contributed by atoms with Crippen molar-refractivity contribution in [2.75, 3.05) is 26.7 Å². The lowest BCUT2D eigenvalue weighted by Crippen LogP contribution is -2.48. The maximum atomic E-state index is 13.6. The van der Waals surface area contributed by atoms with E-state index in [1.54, 1.807) is 43.5 Å². The Morgan fingerprint density at radius 1 is 1.24 bits per heavy atom. The summed E-state index contributed by atoms with van der Waals surface area (Å²) >= 11 is 0. The highest BCUT2D eigenvalue weighted by atomic mass is 32.2. The molecule has 3 rings (SSSR count). The number of halogens is 1. The summed E-state index contributed by atoms with van der Waals surface area (Å²) in [6, 6.07) is 12.3. The summed E-state index contributed by atoms with van der Waals surface area (Å²) in [4.78, 5) is 0.232. The van der Waals surface area contributed by atoms with Crippen molar-refractivity contribution in [1.82, 2.24) is 9.62 Å². The molecule has 1 atom stereocenters. The average molecular weight is 364 g/mol. The van der Waals surface area contributed by atoms with Gasteiger partial charge in [0.25, 0.3) is 0 Å². The van der Waals surface area contributed by atoms with Gasteiger partial charge in [0.15, 0.2) is 0 Å². The van der Waals surface area contributed by atoms with Crippen LogP contribution in [0.25, 0.3) is 0 Å². The van der Waals surface area contributed by atoms with Crippen LogP contribution in [0.2, 0.25) is 0 Å². The molecule has 2 aromatic rings. The Hall–Kier alpha value is -1.80. The summed E-state index contributed by atoms with van der Waals surface area (Å²) < 4.78 is 46.3. The zero-order valence-corrected chi connectivity index (χ0v) is 14.8. The zero-order valence-electron chi connectivity index (χ0n) is 14.0. The van der Waals surface area contributed by atoms with Crippen molar-refractivity contribution in [1.29, 1.82) is 0 Å². The van der Waals surface area contributed by atoms with E-state index in [9.17, 15) is 12.8 Å². The first-order valence-electron chi connectivity index (χ1n) is 8.08. The van der Waals surface area contributed by atoms with Crippen molar-refractivity contribution in [3.63, 3.8) is 0 Å². The van der Waals surface area contributed by atoms with Gasteiger partial charge >= 0.3 is 0 Å². The summed E-state index contributed by atoms with van der Waals surface area (Å²) in [7, 11) is -2.08. The van der Waals surface area contributed by atoms with Crippen molar-refractivity contribution in [2.45, 2.75) is 17.5 Å². The second-order valence-corrected chi connectivity index (χ2v) is 7.86. The van der Waals surface area contributed by atoms with Gasteiger partial charge < -0.3 is 10.1 Å². The van der Waals surface area contributed by atoms with E-state index in [1.165, 1.54) is 16.4 Å². The van der Waals surface area contributed by atoms with E-state index >= 15 is 0 Å². The minimum Gasteiger partial charge on any atom is -0.380 e. The first-order valence-corrected chi connectivity index (χ1v) is 9.52. The molecule has 1 N–H and O–H groups in total. The topological polar surface area (TPSA) is 58.6 Å². The molecule has 5 nitrogen and oxygen atoms in total. The van der Waals surface area contributed by atoms with Gasteiger partial charge in [0, 0.05) is 26.7 Å². The fraction of sp³-hybridized carbons (Fsp3) is 0.333. The molecule has 0 radical (unpaired) electrons. The van der Waals surface area contributed by atoms with Crippen LogP contribution in [0, 0.1) is 5.82 Å². The predicted octanol–water partition coefficient (Wildman–Crippen LogP) is 2.31. The fourth-order valence-corrected chi connectivity index (χ4v) is 4.64. The maximum Gasteiger partial charge on any atom is 0.243 e. The minimum atomic E-state index is -3.67. The van der Waals surface area contributed by atoms with Crippen LogP contribution in [-0.2, 0) is 21.4 Å². The number of benzene rings is 2. The standard InChI is InChI=1S/C18H21FN2O3S/c1-24-13-14-5-7-17(8-6-14)25(22,23)21-10-9-20-12-18(21)15-3-2-4-16(19)11-15/h2-8,11,18,20H,9-10,12-13H2,1H3. The molecule has 1 heterocycles. The molecule has 0 aromatic heterocycles. The van der Waals surface area contributed by atoms with E-state index < -0.39 is 16.1 Å². The van der Waals surface area contributed by atoms with Gasteiger partial charge in [0.2, 0.25) is 10.0 Å². The third-order valence-corrected chi connectivity index (χ3v) is 6.19. The van der Waals surface area contributed by atoms with Gasteiger partial charge in [-0.05, 0) is 35.4 Å². The molecule has 2 aromatic carbocycles. The SMILES string of the molecule is COCc1ccc(S(=O)(=O)N2CCNCC2c2cccc(F)c2)cc1. The molecular weight excluding hydrogens is 343 g/mol. The van der Waals surface area contributed by atoms with Crippen LogP contribution >= 0.6 is 0 Å². The molecule has 25 heavy (non-hydrogen) atoms. The lowest BCUT2D eigenvalue weighted by molar-refractivity contribution is 0.185. The summed E-state index contributed by atoms with van der Waals surface area (Å²) in [5.74, 6) is -0.371. The Morgan fingerprint density at radius 2 is 2.00 bits per heavy atom. The molecule has 1 aliphatic rings. The molecule has 7 heteroatoms. The maximum absolute atomic E-state index is 13.6. The van der Waals surface area contributed by atoms with Crippen molar-refractivity contribution in [3.8, 4) is 0 Å². The summed E-state index contributed by atoms with van der Waals surface area (Å²) in [6.07, 6.45) is 0. The first kappa shape index (κ1) is 18.0. The summed E-state index contributed by atoms with van der Waals surface area (Å²) in [5.41, 5.74) is 1.55. The number of nitrogens with one attached hydrogen (secondary N) is 1. The number of methoxy groups -OCH3 is 1. The Bertz CT molecular complexity index is 824. The van der Waals surface area contributed by atoms with E-state index in [4.69, 9.17) is 4.74 Å². The number of hydrogen-bond donors (Lipinski definition) is 1. The van der Waals surface area contributed by atoms with Crippen LogP contribution in [0.1, 0.15) is 17.2 Å². The van der Waals surface area contributed by atoms with E-state index in [1.807, 2.05) is 0 Å². The highest BCUT2D eigenvalue weighted by molar-refractivity contribution is 7.89. The smallest absolute Gasteiger partial charge is 0.243 e. The monoisotopic (exact) mass is 364 g/mol. The normalized spacial score (nSPS) is 19.0. The van der Waals surface area contributed by atoms with Gasteiger partial charge in [-0.3, -0.25) is 0 Å². The number of rotatable bonds is 5. The molecule has 1 fully saturated rings. The van der Waals surface area contributed by atoms with E-state index in [0.717, 1.165) is 5.56 Å². The molecule has 0 aliphatic carbocycles. The summed E-state index contributed by atoms with van der Waals surface area (Å²) in [5, 5.41) is 3.19. The second kappa shape index (κ2) is 7.61. The average Bonchev–Trinajstić information content (AvgIpc) is 2.62. The Kier molecular flexibility index (Phi) is 5.48. The number of ether oxygens (including phenoxy) is 1. The Balaban J connectivity index is 1.93. The quantitative estimate of drug-likeness (QED) is 0.885. The Labute approximate surface area is 147 Å². The van der Waals surface area contributed by atoms with Crippen LogP contribution in [0.4, 0.5) is 4.39 Å². The number of piperazine rings is 1. The van der Waals surface area contributed by atoms with Crippen LogP contribution in [0.15, 0.2) is 53.4 Å². The van der Waals surface area contributed by atoms with Gasteiger partial charge in [0.05, 0.1) is 17.5 Å². The molecule has 1 unspecified atom stereocenters. The van der Waals surface area contributed by atoms with Crippen LogP contribution in [0.3, 0.4) is 0 Å². The first-order chi connectivity index (χ1) is 12.0. The number of hydrogen-bond acceptors (Lipinski definition) is 4. The third kappa shape index (κ3) is 3.90. The van der Waals surface area contributed by atoms with Crippen LogP contribution in [0.5, 0.6) is 0 Å². The minimum absolute atomic E-state index is 0.232. The lowest BCUT2D eigenvalue weighted by atomic mass is 10.1. The lowest BCUT2D eigenvalue weighted by Gasteiger charge is -2.35. The van der Waals surface area contributed by atoms with E-state index in [-0.39, 0.29) is 10.7 Å². The molecule has 1 saturated heterocycles. The van der Waals surface area contributed by atoms with Crippen molar-refractivity contribution < 1.29 is 17.5 Å². The zero-order chi connectivity index (χ0) is 17.9. The number of nitrogens with zero attached hydrogens (tertiary/aromatic N) is 1. The molecule has 1 aliphatic heterocycles. The van der Waals surface area contributed by atoms with Gasteiger partial charge in [-0.25, -0.2) is 12.8 Å². The summed E-state index contributed by atoms with van der Waals surface area (Å²) in [6.45, 7) is 1.78. The van der Waals surface area contributed by atoms with Crippen LogP contribution in [-0.4, -0.2) is 39.5 Å². The van der Waals surface area contributed by atoms with E-state index in [0.29, 0.717) is 31.8 Å². The molecule has 134 valence electrons. The molecule has 0 bridgehead atoms. The molecule has 0 spiro atoms. The highest BCUT2D eigenvalue weighted by Crippen LogP contribution is 2.29. The van der Waals surface area contributed by atoms with Gasteiger partial charge in [-0.2, -0.15) is 4.31 Å². The molecular formula is C18H21FN2O3S. The second-order valence-electron chi connectivity index (χ2n) is 5.97. The largest absolute Gasteiger partial charge is 0.380 e. The molecule has 0 amide bonds. The van der Waals surface area contributed by atoms with E-state index in [2.05, 4.69) is 5.32 Å². The van der Waals surface area contributed by atoms with Gasteiger partial charge in [-0.15, -0.1) is 0 Å². The third-order valence-electron chi connectivity index (χ3n) is 4.27. The van der Waals surface area contributed by atoms with Crippen molar-refractivity contribution in [2.24, 2.45) is 0 Å². The highest BCUT2D eigenvalue weighted by Gasteiger charge is 2.34. The van der Waals surface area contributed by atoms with Crippen LogP contribution < -0.4 is 5.32 Å². The predicted molar refractivity (Wildman–Crippen MR) is 93.1 cm³/mol. The van der Waals surface area contributed by atoms with Crippen molar-refractivity contribution in [3.05, 3.63) is 65.5 Å². The van der Waals surface area contributed by atoms with Gasteiger partial charge in [0.1, 0.15) is 5.82 Å².